The molecule has 1 aliphatic heterocycles. The molecule has 8 nitrogen and oxygen atoms in total. The number of pyridine rings is 1. The maximum atomic E-state index is 12.9. The van der Waals surface area contributed by atoms with E-state index in [1.54, 1.807) is 0 Å². The van der Waals surface area contributed by atoms with E-state index >= 15 is 0 Å². The van der Waals surface area contributed by atoms with Gasteiger partial charge in [0.05, 0.1) is 0 Å². The molecule has 0 bridgehead atoms. The first-order valence-corrected chi connectivity index (χ1v) is 12.1. The number of fused-ring (bicyclic) bond motifs is 1. The second-order valence-corrected chi connectivity index (χ2v) is 9.21. The van der Waals surface area contributed by atoms with Crippen LogP contribution in [0.3, 0.4) is 0 Å². The molecular weight excluding hydrogens is 428 g/mol. The van der Waals surface area contributed by atoms with Crippen LogP contribution in [0, 0.1) is 0 Å². The molecule has 2 fully saturated rings. The third-order valence-electron chi connectivity index (χ3n) is 7.09. The van der Waals surface area contributed by atoms with Gasteiger partial charge in [0.25, 0.3) is 0 Å². The van der Waals surface area contributed by atoms with Gasteiger partial charge in [-0.25, -0.2) is 4.98 Å². The number of anilines is 1. The zero-order chi connectivity index (χ0) is 22.9. The molecule has 0 atom stereocenters. The summed E-state index contributed by atoms with van der Waals surface area (Å²) in [7, 11) is 0. The monoisotopic (exact) mass is 456 g/mol. The first-order valence-electron chi connectivity index (χ1n) is 12.1. The third-order valence-corrected chi connectivity index (χ3v) is 7.09. The summed E-state index contributed by atoms with van der Waals surface area (Å²) >= 11 is 0. The van der Waals surface area contributed by atoms with E-state index in [9.17, 15) is 4.79 Å². The molecular formula is C26H28N6O2. The SMILES string of the molecule is O=C(Cn1ccc2ccccc21)N1CCN(c2ccc(-c3noc(C4CCCC4)n3)cn2)CC1. The van der Waals surface area contributed by atoms with Gasteiger partial charge in [-0.05, 0) is 42.5 Å². The first kappa shape index (κ1) is 20.9. The van der Waals surface area contributed by atoms with E-state index in [0.29, 0.717) is 31.4 Å². The van der Waals surface area contributed by atoms with Crippen LogP contribution in [0.5, 0.6) is 0 Å². The van der Waals surface area contributed by atoms with E-state index in [1.807, 2.05) is 46.1 Å². The second-order valence-electron chi connectivity index (χ2n) is 9.21. The first-order chi connectivity index (χ1) is 16.7. The van der Waals surface area contributed by atoms with Gasteiger partial charge >= 0.3 is 0 Å². The van der Waals surface area contributed by atoms with Crippen molar-refractivity contribution in [1.82, 2.24) is 24.6 Å². The number of piperazine rings is 1. The number of carbonyl (C=O) groups excluding carboxylic acids is 1. The highest BCUT2D eigenvalue weighted by Crippen LogP contribution is 2.34. The molecule has 0 spiro atoms. The lowest BCUT2D eigenvalue weighted by Crippen LogP contribution is -2.49. The Bertz CT molecular complexity index is 1280. The lowest BCUT2D eigenvalue weighted by atomic mass is 10.1. The summed E-state index contributed by atoms with van der Waals surface area (Å²) in [5.41, 5.74) is 1.96. The van der Waals surface area contributed by atoms with E-state index in [2.05, 4.69) is 38.2 Å². The molecule has 1 amide bonds. The van der Waals surface area contributed by atoms with Crippen LogP contribution in [0.4, 0.5) is 5.82 Å². The Hall–Kier alpha value is -3.68. The molecule has 1 aliphatic carbocycles. The molecule has 1 saturated heterocycles. The molecule has 2 aliphatic rings. The van der Waals surface area contributed by atoms with Gasteiger partial charge in [-0.2, -0.15) is 4.98 Å². The molecule has 8 heteroatoms. The fourth-order valence-electron chi connectivity index (χ4n) is 5.11. The third kappa shape index (κ3) is 4.04. The van der Waals surface area contributed by atoms with E-state index in [-0.39, 0.29) is 5.91 Å². The summed E-state index contributed by atoms with van der Waals surface area (Å²) in [4.78, 5) is 26.3. The predicted molar refractivity (Wildman–Crippen MR) is 129 cm³/mol. The fourth-order valence-corrected chi connectivity index (χ4v) is 5.11. The lowest BCUT2D eigenvalue weighted by Gasteiger charge is -2.35. The molecule has 4 heterocycles. The van der Waals surface area contributed by atoms with Crippen molar-refractivity contribution >= 4 is 22.6 Å². The van der Waals surface area contributed by atoms with Crippen molar-refractivity contribution in [3.8, 4) is 11.4 Å². The van der Waals surface area contributed by atoms with Gasteiger partial charge in [-0.3, -0.25) is 4.79 Å². The summed E-state index contributed by atoms with van der Waals surface area (Å²) in [5.74, 6) is 2.83. The average Bonchev–Trinajstić information content (AvgIpc) is 3.66. The van der Waals surface area contributed by atoms with E-state index in [1.165, 1.54) is 12.8 Å². The minimum absolute atomic E-state index is 0.152. The smallest absolute Gasteiger partial charge is 0.242 e. The van der Waals surface area contributed by atoms with Crippen molar-refractivity contribution in [3.05, 3.63) is 60.7 Å². The number of aromatic nitrogens is 4. The molecule has 0 radical (unpaired) electrons. The van der Waals surface area contributed by atoms with Gasteiger partial charge in [0.2, 0.25) is 17.6 Å². The summed E-state index contributed by atoms with van der Waals surface area (Å²) in [6.45, 7) is 3.28. The van der Waals surface area contributed by atoms with E-state index < -0.39 is 0 Å². The minimum atomic E-state index is 0.152. The average molecular weight is 457 g/mol. The van der Waals surface area contributed by atoms with Crippen LogP contribution in [-0.4, -0.2) is 56.7 Å². The zero-order valence-corrected chi connectivity index (χ0v) is 19.1. The van der Waals surface area contributed by atoms with Crippen LogP contribution in [0.2, 0.25) is 0 Å². The molecule has 0 N–H and O–H groups in total. The van der Waals surface area contributed by atoms with Crippen LogP contribution in [-0.2, 0) is 11.3 Å². The largest absolute Gasteiger partial charge is 0.353 e. The van der Waals surface area contributed by atoms with Crippen molar-refractivity contribution < 1.29 is 9.32 Å². The van der Waals surface area contributed by atoms with E-state index in [0.717, 1.165) is 54.1 Å². The number of benzene rings is 1. The summed E-state index contributed by atoms with van der Waals surface area (Å²) in [6, 6.07) is 14.2. The molecule has 4 aromatic rings. The van der Waals surface area contributed by atoms with E-state index in [4.69, 9.17) is 4.52 Å². The number of para-hydroxylation sites is 1. The highest BCUT2D eigenvalue weighted by molar-refractivity contribution is 5.83. The Kier molecular flexibility index (Phi) is 5.49. The Balaban J connectivity index is 1.06. The standard InChI is InChI=1S/C26H28N6O2/c33-24(18-32-12-11-19-5-3-4-8-22(19)32)31-15-13-30(14-16-31)23-10-9-21(17-27-23)25-28-26(34-29-25)20-6-1-2-7-20/h3-5,8-12,17,20H,1-2,6-7,13-16,18H2. The van der Waals surface area contributed by atoms with Crippen molar-refractivity contribution in [2.45, 2.75) is 38.1 Å². The number of hydrogen-bond donors (Lipinski definition) is 0. The molecule has 1 aromatic carbocycles. The normalized spacial score (nSPS) is 17.1. The Morgan fingerprint density at radius 3 is 2.62 bits per heavy atom. The zero-order valence-electron chi connectivity index (χ0n) is 19.1. The van der Waals surface area contributed by atoms with Crippen molar-refractivity contribution in [2.24, 2.45) is 0 Å². The highest BCUT2D eigenvalue weighted by Gasteiger charge is 2.24. The van der Waals surface area contributed by atoms with Gasteiger partial charge < -0.3 is 18.9 Å². The minimum Gasteiger partial charge on any atom is -0.353 e. The summed E-state index contributed by atoms with van der Waals surface area (Å²) in [5, 5.41) is 5.32. The number of amides is 1. The highest BCUT2D eigenvalue weighted by atomic mass is 16.5. The number of rotatable bonds is 5. The van der Waals surface area contributed by atoms with Crippen LogP contribution in [0.15, 0.2) is 59.4 Å². The van der Waals surface area contributed by atoms with Crippen molar-refractivity contribution in [2.75, 3.05) is 31.1 Å². The molecule has 3 aromatic heterocycles. The summed E-state index contributed by atoms with van der Waals surface area (Å²) < 4.78 is 7.53. The molecule has 6 rings (SSSR count). The number of nitrogens with zero attached hydrogens (tertiary/aromatic N) is 6. The number of hydrogen-bond acceptors (Lipinski definition) is 6. The van der Waals surface area contributed by atoms with Gasteiger partial charge in [-0.1, -0.05) is 36.2 Å². The van der Waals surface area contributed by atoms with Crippen LogP contribution in [0.1, 0.15) is 37.5 Å². The summed E-state index contributed by atoms with van der Waals surface area (Å²) in [6.07, 6.45) is 8.55. The Morgan fingerprint density at radius 1 is 1.00 bits per heavy atom. The molecule has 34 heavy (non-hydrogen) atoms. The van der Waals surface area contributed by atoms with Crippen molar-refractivity contribution in [1.29, 1.82) is 0 Å². The van der Waals surface area contributed by atoms with Gasteiger partial charge in [0.1, 0.15) is 12.4 Å². The topological polar surface area (TPSA) is 80.3 Å². The lowest BCUT2D eigenvalue weighted by molar-refractivity contribution is -0.132. The Labute approximate surface area is 198 Å². The molecule has 0 unspecified atom stereocenters. The van der Waals surface area contributed by atoms with Crippen molar-refractivity contribution in [3.63, 3.8) is 0 Å². The maximum Gasteiger partial charge on any atom is 0.242 e. The maximum absolute atomic E-state index is 12.9. The van der Waals surface area contributed by atoms with Gasteiger partial charge in [0, 0.05) is 55.6 Å². The van der Waals surface area contributed by atoms with Crippen LogP contribution >= 0.6 is 0 Å². The molecule has 1 saturated carbocycles. The van der Waals surface area contributed by atoms with Gasteiger partial charge in [0.15, 0.2) is 0 Å². The quantitative estimate of drug-likeness (QED) is 0.450. The number of carbonyl (C=O) groups is 1. The predicted octanol–water partition coefficient (Wildman–Crippen LogP) is 4.09. The van der Waals surface area contributed by atoms with Crippen LogP contribution < -0.4 is 4.90 Å². The molecule has 174 valence electrons. The fraction of sp³-hybridized carbons (Fsp3) is 0.385. The van der Waals surface area contributed by atoms with Crippen LogP contribution in [0.25, 0.3) is 22.3 Å². The second kappa shape index (κ2) is 8.93. The Morgan fingerprint density at radius 2 is 1.82 bits per heavy atom. The van der Waals surface area contributed by atoms with Gasteiger partial charge in [-0.15, -0.1) is 0 Å².